The van der Waals surface area contributed by atoms with Gasteiger partial charge in [0.2, 0.25) is 0 Å². The summed E-state index contributed by atoms with van der Waals surface area (Å²) >= 11 is 0. The van der Waals surface area contributed by atoms with Crippen LogP contribution in [0.2, 0.25) is 0 Å². The largest absolute Gasteiger partial charge is 0.229 e. The first-order valence-corrected chi connectivity index (χ1v) is 7.81. The first-order chi connectivity index (χ1) is 6.79. The van der Waals surface area contributed by atoms with Crippen molar-refractivity contribution in [3.05, 3.63) is 0 Å². The van der Waals surface area contributed by atoms with Gasteiger partial charge in [-0.2, -0.15) is 0 Å². The van der Waals surface area contributed by atoms with E-state index in [4.69, 9.17) is 0 Å². The standard InChI is InChI=1S/C12H24O2S/c1-12(2,3)8-4-5-11-6-9-15(13,14)10-7-11/h11H,4-10H2,1-3H3. The van der Waals surface area contributed by atoms with Crippen LogP contribution in [0.3, 0.4) is 0 Å². The van der Waals surface area contributed by atoms with Gasteiger partial charge in [0, 0.05) is 0 Å². The molecule has 0 atom stereocenters. The molecule has 1 aliphatic heterocycles. The average Bonchev–Trinajstić information content (AvgIpc) is 2.06. The zero-order valence-corrected chi connectivity index (χ0v) is 11.1. The van der Waals surface area contributed by atoms with Crippen LogP contribution < -0.4 is 0 Å². The molecule has 0 radical (unpaired) electrons. The third kappa shape index (κ3) is 5.55. The predicted molar refractivity (Wildman–Crippen MR) is 64.7 cm³/mol. The van der Waals surface area contributed by atoms with Crippen LogP contribution in [0.25, 0.3) is 0 Å². The number of hydrogen-bond donors (Lipinski definition) is 0. The summed E-state index contributed by atoms with van der Waals surface area (Å²) in [6, 6.07) is 0. The van der Waals surface area contributed by atoms with E-state index in [1.54, 1.807) is 0 Å². The van der Waals surface area contributed by atoms with Crippen LogP contribution in [0.1, 0.15) is 52.9 Å². The highest BCUT2D eigenvalue weighted by Crippen LogP contribution is 2.27. The second kappa shape index (κ2) is 4.86. The molecule has 0 bridgehead atoms. The Kier molecular flexibility index (Phi) is 4.21. The highest BCUT2D eigenvalue weighted by atomic mass is 32.2. The SMILES string of the molecule is CC(C)(C)CCCC1CCS(=O)(=O)CC1. The molecule has 0 aliphatic carbocycles. The van der Waals surface area contributed by atoms with Crippen molar-refractivity contribution in [2.24, 2.45) is 11.3 Å². The summed E-state index contributed by atoms with van der Waals surface area (Å²) in [6.07, 6.45) is 5.50. The van der Waals surface area contributed by atoms with E-state index in [9.17, 15) is 8.42 Å². The molecule has 0 spiro atoms. The maximum atomic E-state index is 11.2. The first-order valence-electron chi connectivity index (χ1n) is 5.99. The van der Waals surface area contributed by atoms with Crippen LogP contribution in [-0.4, -0.2) is 19.9 Å². The smallest absolute Gasteiger partial charge is 0.150 e. The van der Waals surface area contributed by atoms with E-state index < -0.39 is 9.84 Å². The molecule has 1 saturated heterocycles. The minimum absolute atomic E-state index is 0.417. The summed E-state index contributed by atoms with van der Waals surface area (Å²) in [4.78, 5) is 0. The minimum atomic E-state index is -2.67. The van der Waals surface area contributed by atoms with Crippen molar-refractivity contribution in [3.8, 4) is 0 Å². The van der Waals surface area contributed by atoms with Crippen LogP contribution in [-0.2, 0) is 9.84 Å². The second-order valence-electron chi connectivity index (χ2n) is 6.05. The zero-order chi connectivity index (χ0) is 11.5. The number of hydrogen-bond acceptors (Lipinski definition) is 2. The summed E-state index contributed by atoms with van der Waals surface area (Å²) < 4.78 is 22.5. The minimum Gasteiger partial charge on any atom is -0.229 e. The highest BCUT2D eigenvalue weighted by Gasteiger charge is 2.23. The molecule has 2 nitrogen and oxygen atoms in total. The van der Waals surface area contributed by atoms with Gasteiger partial charge in [-0.1, -0.05) is 33.6 Å². The Hall–Kier alpha value is -0.0500. The van der Waals surface area contributed by atoms with Gasteiger partial charge >= 0.3 is 0 Å². The first kappa shape index (κ1) is 13.0. The van der Waals surface area contributed by atoms with Crippen molar-refractivity contribution in [1.29, 1.82) is 0 Å². The van der Waals surface area contributed by atoms with Crippen molar-refractivity contribution in [3.63, 3.8) is 0 Å². The van der Waals surface area contributed by atoms with Gasteiger partial charge in [0.25, 0.3) is 0 Å². The van der Waals surface area contributed by atoms with Gasteiger partial charge in [0.05, 0.1) is 11.5 Å². The molecular formula is C12H24O2S. The van der Waals surface area contributed by atoms with E-state index in [0.717, 1.165) is 12.8 Å². The maximum Gasteiger partial charge on any atom is 0.150 e. The molecule has 15 heavy (non-hydrogen) atoms. The van der Waals surface area contributed by atoms with Gasteiger partial charge in [-0.3, -0.25) is 0 Å². The Labute approximate surface area is 94.4 Å². The molecular weight excluding hydrogens is 208 g/mol. The topological polar surface area (TPSA) is 34.1 Å². The molecule has 0 unspecified atom stereocenters. The fourth-order valence-corrected chi connectivity index (χ4v) is 3.74. The summed E-state index contributed by atoms with van der Waals surface area (Å²) in [5.41, 5.74) is 0.417. The van der Waals surface area contributed by atoms with E-state index in [0.29, 0.717) is 22.8 Å². The highest BCUT2D eigenvalue weighted by molar-refractivity contribution is 7.91. The van der Waals surface area contributed by atoms with Crippen molar-refractivity contribution in [2.45, 2.75) is 52.9 Å². The van der Waals surface area contributed by atoms with Crippen LogP contribution in [0.15, 0.2) is 0 Å². The van der Waals surface area contributed by atoms with Gasteiger partial charge in [0.1, 0.15) is 9.84 Å². The van der Waals surface area contributed by atoms with E-state index >= 15 is 0 Å². The third-order valence-electron chi connectivity index (χ3n) is 3.21. The fraction of sp³-hybridized carbons (Fsp3) is 1.00. The summed E-state index contributed by atoms with van der Waals surface area (Å²) in [5.74, 6) is 1.51. The van der Waals surface area contributed by atoms with Crippen molar-refractivity contribution in [2.75, 3.05) is 11.5 Å². The molecule has 1 fully saturated rings. The molecule has 90 valence electrons. The Bertz CT molecular complexity index is 271. The summed E-state index contributed by atoms with van der Waals surface area (Å²) in [6.45, 7) is 6.79. The van der Waals surface area contributed by atoms with Gasteiger partial charge in [-0.15, -0.1) is 0 Å². The van der Waals surface area contributed by atoms with Crippen LogP contribution >= 0.6 is 0 Å². The monoisotopic (exact) mass is 232 g/mol. The molecule has 0 aromatic carbocycles. The van der Waals surface area contributed by atoms with Gasteiger partial charge in [-0.05, 0) is 30.6 Å². The Morgan fingerprint density at radius 2 is 1.67 bits per heavy atom. The zero-order valence-electron chi connectivity index (χ0n) is 10.3. The van der Waals surface area contributed by atoms with Crippen molar-refractivity contribution >= 4 is 9.84 Å². The normalized spacial score (nSPS) is 22.9. The lowest BCUT2D eigenvalue weighted by Crippen LogP contribution is -2.23. The quantitative estimate of drug-likeness (QED) is 0.749. The summed E-state index contributed by atoms with van der Waals surface area (Å²) in [7, 11) is -2.67. The molecule has 3 heteroatoms. The lowest BCUT2D eigenvalue weighted by molar-refractivity contribution is 0.329. The molecule has 1 aliphatic rings. The van der Waals surface area contributed by atoms with E-state index in [1.165, 1.54) is 19.3 Å². The molecule has 0 saturated carbocycles. The lowest BCUT2D eigenvalue weighted by atomic mass is 9.87. The molecule has 0 aromatic heterocycles. The van der Waals surface area contributed by atoms with Gasteiger partial charge in [0.15, 0.2) is 0 Å². The summed E-state index contributed by atoms with van der Waals surface area (Å²) in [5, 5.41) is 0. The van der Waals surface area contributed by atoms with E-state index in [1.807, 2.05) is 0 Å². The lowest BCUT2D eigenvalue weighted by Gasteiger charge is -2.24. The van der Waals surface area contributed by atoms with Crippen molar-refractivity contribution in [1.82, 2.24) is 0 Å². The fourth-order valence-electron chi connectivity index (χ4n) is 2.15. The molecule has 1 rings (SSSR count). The van der Waals surface area contributed by atoms with Crippen LogP contribution in [0.5, 0.6) is 0 Å². The van der Waals surface area contributed by atoms with Crippen LogP contribution in [0.4, 0.5) is 0 Å². The molecule has 0 amide bonds. The molecule has 0 aromatic rings. The number of rotatable bonds is 3. The second-order valence-corrected chi connectivity index (χ2v) is 8.35. The maximum absolute atomic E-state index is 11.2. The van der Waals surface area contributed by atoms with Crippen LogP contribution in [0, 0.1) is 11.3 Å². The molecule has 1 heterocycles. The van der Waals surface area contributed by atoms with Gasteiger partial charge in [-0.25, -0.2) is 8.42 Å². The molecule has 0 N–H and O–H groups in total. The Balaban J connectivity index is 2.20. The van der Waals surface area contributed by atoms with E-state index in [-0.39, 0.29) is 0 Å². The average molecular weight is 232 g/mol. The Morgan fingerprint density at radius 3 is 2.13 bits per heavy atom. The number of sulfone groups is 1. The van der Waals surface area contributed by atoms with E-state index in [2.05, 4.69) is 20.8 Å². The van der Waals surface area contributed by atoms with Crippen molar-refractivity contribution < 1.29 is 8.42 Å². The van der Waals surface area contributed by atoms with Gasteiger partial charge < -0.3 is 0 Å². The Morgan fingerprint density at radius 1 is 1.13 bits per heavy atom. The predicted octanol–water partition coefficient (Wildman–Crippen LogP) is 3.03. The third-order valence-corrected chi connectivity index (χ3v) is 4.93.